The minimum Gasteiger partial charge on any atom is -0.497 e. The standard InChI is InChI=1S/C32H37N3O4/c1-23(34-28-21-27(37-2)20-26-13-8-16-33-32(26)28)10-9-17-35(31(36)19-24-11-6-5-7-12-24)22-25-14-15-29(38-3)30(18-25)39-4/h5-8,11-16,18,20-21,23,34H,9-10,17,19,22H2,1-4H3. The van der Waals surface area contributed by atoms with Crippen molar-refractivity contribution < 1.29 is 19.0 Å². The zero-order chi connectivity index (χ0) is 27.6. The van der Waals surface area contributed by atoms with Gasteiger partial charge in [0, 0.05) is 36.8 Å². The molecule has 0 saturated carbocycles. The van der Waals surface area contributed by atoms with Gasteiger partial charge in [-0.2, -0.15) is 0 Å². The van der Waals surface area contributed by atoms with Crippen molar-refractivity contribution in [2.75, 3.05) is 33.2 Å². The van der Waals surface area contributed by atoms with E-state index in [4.69, 9.17) is 14.2 Å². The molecule has 0 aliphatic rings. The van der Waals surface area contributed by atoms with Gasteiger partial charge >= 0.3 is 0 Å². The number of fused-ring (bicyclic) bond motifs is 1. The van der Waals surface area contributed by atoms with Crippen molar-refractivity contribution in [1.82, 2.24) is 9.88 Å². The number of carbonyl (C=O) groups excluding carboxylic acids is 1. The predicted molar refractivity (Wildman–Crippen MR) is 156 cm³/mol. The maximum atomic E-state index is 13.4. The first kappa shape index (κ1) is 27.8. The van der Waals surface area contributed by atoms with Gasteiger partial charge in [-0.25, -0.2) is 0 Å². The van der Waals surface area contributed by atoms with E-state index in [1.807, 2.05) is 77.7 Å². The Labute approximate surface area is 230 Å². The van der Waals surface area contributed by atoms with E-state index in [2.05, 4.69) is 17.2 Å². The first-order valence-electron chi connectivity index (χ1n) is 13.2. The molecule has 1 heterocycles. The molecule has 1 amide bonds. The highest BCUT2D eigenvalue weighted by molar-refractivity contribution is 5.92. The molecule has 1 N–H and O–H groups in total. The number of hydrogen-bond acceptors (Lipinski definition) is 6. The van der Waals surface area contributed by atoms with Crippen molar-refractivity contribution in [3.8, 4) is 17.2 Å². The lowest BCUT2D eigenvalue weighted by Crippen LogP contribution is -2.33. The van der Waals surface area contributed by atoms with Crippen LogP contribution >= 0.6 is 0 Å². The number of aromatic nitrogens is 1. The number of anilines is 1. The molecule has 4 rings (SSSR count). The summed E-state index contributed by atoms with van der Waals surface area (Å²) >= 11 is 0. The first-order chi connectivity index (χ1) is 19.0. The summed E-state index contributed by atoms with van der Waals surface area (Å²) in [5.41, 5.74) is 3.86. The summed E-state index contributed by atoms with van der Waals surface area (Å²) in [5.74, 6) is 2.21. The average molecular weight is 528 g/mol. The third-order valence-corrected chi connectivity index (χ3v) is 6.75. The fraction of sp³-hybridized carbons (Fsp3) is 0.312. The summed E-state index contributed by atoms with van der Waals surface area (Å²) in [6, 6.07) is 23.8. The summed E-state index contributed by atoms with van der Waals surface area (Å²) in [4.78, 5) is 19.9. The number of rotatable bonds is 13. The van der Waals surface area contributed by atoms with Crippen molar-refractivity contribution in [2.24, 2.45) is 0 Å². The van der Waals surface area contributed by atoms with Gasteiger partial charge in [0.25, 0.3) is 0 Å². The van der Waals surface area contributed by atoms with Gasteiger partial charge in [0.1, 0.15) is 5.75 Å². The van der Waals surface area contributed by atoms with Gasteiger partial charge in [-0.15, -0.1) is 0 Å². The Hall–Kier alpha value is -4.26. The predicted octanol–water partition coefficient (Wildman–Crippen LogP) is 6.11. The zero-order valence-electron chi connectivity index (χ0n) is 23.1. The number of nitrogens with zero attached hydrogens (tertiary/aromatic N) is 2. The van der Waals surface area contributed by atoms with Crippen LogP contribution < -0.4 is 19.5 Å². The SMILES string of the molecule is COc1cc(NC(C)CCCN(Cc2ccc(OC)c(OC)c2)C(=O)Cc2ccccc2)c2ncccc2c1. The second-order valence-electron chi connectivity index (χ2n) is 9.60. The number of hydrogen-bond donors (Lipinski definition) is 1. The minimum atomic E-state index is 0.0968. The molecular formula is C32H37N3O4. The second-order valence-corrected chi connectivity index (χ2v) is 9.60. The Morgan fingerprint density at radius 1 is 0.897 bits per heavy atom. The Balaban J connectivity index is 1.44. The summed E-state index contributed by atoms with van der Waals surface area (Å²) in [7, 11) is 4.91. The Kier molecular flexibility index (Phi) is 9.62. The van der Waals surface area contributed by atoms with Gasteiger partial charge in [0.15, 0.2) is 11.5 Å². The summed E-state index contributed by atoms with van der Waals surface area (Å²) < 4.78 is 16.4. The van der Waals surface area contributed by atoms with Crippen LogP contribution in [0.3, 0.4) is 0 Å². The molecule has 39 heavy (non-hydrogen) atoms. The van der Waals surface area contributed by atoms with Crippen LogP contribution in [0.5, 0.6) is 17.2 Å². The van der Waals surface area contributed by atoms with E-state index < -0.39 is 0 Å². The van der Waals surface area contributed by atoms with Gasteiger partial charge in [0.05, 0.1) is 39.0 Å². The highest BCUT2D eigenvalue weighted by Crippen LogP contribution is 2.29. The van der Waals surface area contributed by atoms with Crippen molar-refractivity contribution in [3.63, 3.8) is 0 Å². The van der Waals surface area contributed by atoms with E-state index in [1.165, 1.54) is 0 Å². The molecule has 0 spiro atoms. The van der Waals surface area contributed by atoms with E-state index in [9.17, 15) is 4.79 Å². The molecule has 0 fully saturated rings. The highest BCUT2D eigenvalue weighted by atomic mass is 16.5. The van der Waals surface area contributed by atoms with Crippen molar-refractivity contribution in [2.45, 2.75) is 38.8 Å². The summed E-state index contributed by atoms with van der Waals surface area (Å²) in [5, 5.41) is 4.63. The van der Waals surface area contributed by atoms with Crippen molar-refractivity contribution >= 4 is 22.5 Å². The minimum absolute atomic E-state index is 0.0968. The van der Waals surface area contributed by atoms with E-state index >= 15 is 0 Å². The molecular weight excluding hydrogens is 490 g/mol. The summed E-state index contributed by atoms with van der Waals surface area (Å²) in [6.45, 7) is 3.29. The Bertz CT molecular complexity index is 1380. The molecule has 7 heteroatoms. The van der Waals surface area contributed by atoms with E-state index in [-0.39, 0.29) is 11.9 Å². The molecule has 1 aromatic heterocycles. The molecule has 0 saturated heterocycles. The van der Waals surface area contributed by atoms with Gasteiger partial charge in [-0.3, -0.25) is 9.78 Å². The number of carbonyl (C=O) groups is 1. The van der Waals surface area contributed by atoms with Crippen LogP contribution in [-0.4, -0.2) is 49.7 Å². The number of nitrogens with one attached hydrogen (secondary N) is 1. The van der Waals surface area contributed by atoms with E-state index in [0.717, 1.165) is 46.3 Å². The molecule has 4 aromatic rings. The maximum Gasteiger partial charge on any atom is 0.227 e. The van der Waals surface area contributed by atoms with Crippen molar-refractivity contribution in [1.29, 1.82) is 0 Å². The third kappa shape index (κ3) is 7.41. The summed E-state index contributed by atoms with van der Waals surface area (Å²) in [6.07, 6.45) is 3.89. The number of amides is 1. The number of pyridine rings is 1. The lowest BCUT2D eigenvalue weighted by molar-refractivity contribution is -0.131. The second kappa shape index (κ2) is 13.5. The highest BCUT2D eigenvalue weighted by Gasteiger charge is 2.17. The molecule has 1 unspecified atom stereocenters. The van der Waals surface area contributed by atoms with Crippen LogP contribution in [0.1, 0.15) is 30.9 Å². The van der Waals surface area contributed by atoms with Gasteiger partial charge in [-0.05, 0) is 55.2 Å². The van der Waals surface area contributed by atoms with Crippen LogP contribution in [-0.2, 0) is 17.8 Å². The molecule has 3 aromatic carbocycles. The number of methoxy groups -OCH3 is 3. The third-order valence-electron chi connectivity index (χ3n) is 6.75. The topological polar surface area (TPSA) is 72.9 Å². The normalized spacial score (nSPS) is 11.6. The molecule has 0 radical (unpaired) electrons. The van der Waals surface area contributed by atoms with Crippen LogP contribution in [0, 0.1) is 0 Å². The molecule has 1 atom stereocenters. The molecule has 204 valence electrons. The number of benzene rings is 3. The van der Waals surface area contributed by atoms with Crippen molar-refractivity contribution in [3.05, 3.63) is 90.1 Å². The number of ether oxygens (including phenoxy) is 3. The first-order valence-corrected chi connectivity index (χ1v) is 13.2. The molecule has 0 bridgehead atoms. The van der Waals surface area contributed by atoms with Crippen LogP contribution in [0.2, 0.25) is 0 Å². The van der Waals surface area contributed by atoms with Gasteiger partial charge in [-0.1, -0.05) is 42.5 Å². The zero-order valence-corrected chi connectivity index (χ0v) is 23.1. The van der Waals surface area contributed by atoms with Gasteiger partial charge in [0.2, 0.25) is 5.91 Å². The van der Waals surface area contributed by atoms with Crippen LogP contribution in [0.4, 0.5) is 5.69 Å². The monoisotopic (exact) mass is 527 g/mol. The lowest BCUT2D eigenvalue weighted by Gasteiger charge is -2.25. The maximum absolute atomic E-state index is 13.4. The fourth-order valence-electron chi connectivity index (χ4n) is 4.69. The lowest BCUT2D eigenvalue weighted by atomic mass is 10.1. The van der Waals surface area contributed by atoms with E-state index in [1.54, 1.807) is 27.5 Å². The Morgan fingerprint density at radius 2 is 1.69 bits per heavy atom. The quantitative estimate of drug-likeness (QED) is 0.226. The average Bonchev–Trinajstić information content (AvgIpc) is 2.96. The largest absolute Gasteiger partial charge is 0.497 e. The van der Waals surface area contributed by atoms with Crippen LogP contribution in [0.15, 0.2) is 79.0 Å². The fourth-order valence-corrected chi connectivity index (χ4v) is 4.69. The molecule has 0 aliphatic carbocycles. The Morgan fingerprint density at radius 3 is 2.44 bits per heavy atom. The van der Waals surface area contributed by atoms with Crippen LogP contribution in [0.25, 0.3) is 10.9 Å². The van der Waals surface area contributed by atoms with E-state index in [0.29, 0.717) is 31.0 Å². The van der Waals surface area contributed by atoms with Gasteiger partial charge < -0.3 is 24.4 Å². The smallest absolute Gasteiger partial charge is 0.227 e. The molecule has 7 nitrogen and oxygen atoms in total. The molecule has 0 aliphatic heterocycles.